The van der Waals surface area contributed by atoms with Crippen molar-refractivity contribution in [2.24, 2.45) is 17.3 Å². The Bertz CT molecular complexity index is 247. The Balaban J connectivity index is 2.30. The van der Waals surface area contributed by atoms with E-state index < -0.39 is 0 Å². The molecule has 2 unspecified atom stereocenters. The molecule has 1 N–H and O–H groups in total. The van der Waals surface area contributed by atoms with Crippen LogP contribution in [0.15, 0.2) is 0 Å². The summed E-state index contributed by atoms with van der Waals surface area (Å²) in [7, 11) is 0. The van der Waals surface area contributed by atoms with Gasteiger partial charge in [0.15, 0.2) is 0 Å². The van der Waals surface area contributed by atoms with Gasteiger partial charge in [0.05, 0.1) is 0 Å². The van der Waals surface area contributed by atoms with Crippen LogP contribution in [-0.2, 0) is 4.79 Å². The maximum atomic E-state index is 11.7. The molecular weight excluding hydrogens is 210 g/mol. The summed E-state index contributed by atoms with van der Waals surface area (Å²) in [6.45, 7) is 9.93. The fourth-order valence-corrected chi connectivity index (χ4v) is 2.30. The lowest BCUT2D eigenvalue weighted by atomic mass is 9.78. The van der Waals surface area contributed by atoms with Crippen molar-refractivity contribution in [2.75, 3.05) is 6.54 Å². The van der Waals surface area contributed by atoms with E-state index in [2.05, 4.69) is 33.0 Å². The number of hydrogen-bond donors (Lipinski definition) is 1. The molecule has 100 valence electrons. The molecule has 0 heterocycles. The summed E-state index contributed by atoms with van der Waals surface area (Å²) in [5.74, 6) is 1.70. The van der Waals surface area contributed by atoms with E-state index in [1.807, 2.05) is 0 Å². The molecule has 0 aromatic carbocycles. The number of nitrogens with one attached hydrogen (secondary N) is 1. The second-order valence-corrected chi connectivity index (χ2v) is 6.31. The Labute approximate surface area is 107 Å². The van der Waals surface area contributed by atoms with E-state index in [0.29, 0.717) is 5.92 Å². The van der Waals surface area contributed by atoms with Crippen LogP contribution >= 0.6 is 0 Å². The SMILES string of the molecule is CCC(C)CC(C)(CC)CNC(=O)CC1CC1. The van der Waals surface area contributed by atoms with Crippen LogP contribution in [0.3, 0.4) is 0 Å². The van der Waals surface area contributed by atoms with Crippen molar-refractivity contribution in [1.29, 1.82) is 0 Å². The molecule has 0 aliphatic heterocycles. The molecule has 0 saturated heterocycles. The van der Waals surface area contributed by atoms with Crippen LogP contribution in [0.2, 0.25) is 0 Å². The molecule has 1 aliphatic rings. The van der Waals surface area contributed by atoms with Crippen LogP contribution in [0.5, 0.6) is 0 Å². The molecule has 1 amide bonds. The molecular formula is C15H29NO. The van der Waals surface area contributed by atoms with Crippen LogP contribution < -0.4 is 5.32 Å². The van der Waals surface area contributed by atoms with Crippen LogP contribution in [0.25, 0.3) is 0 Å². The third kappa shape index (κ3) is 5.56. The first-order chi connectivity index (χ1) is 7.99. The highest BCUT2D eigenvalue weighted by atomic mass is 16.1. The number of amides is 1. The first-order valence-electron chi connectivity index (χ1n) is 7.25. The number of hydrogen-bond acceptors (Lipinski definition) is 1. The summed E-state index contributed by atoms with van der Waals surface area (Å²) in [6.07, 6.45) is 6.84. The third-order valence-electron chi connectivity index (χ3n) is 4.28. The first-order valence-corrected chi connectivity index (χ1v) is 7.25. The summed E-state index contributed by atoms with van der Waals surface area (Å²) in [6, 6.07) is 0. The van der Waals surface area contributed by atoms with Gasteiger partial charge in [-0.1, -0.05) is 34.1 Å². The van der Waals surface area contributed by atoms with Crippen molar-refractivity contribution >= 4 is 5.91 Å². The van der Waals surface area contributed by atoms with Crippen molar-refractivity contribution < 1.29 is 4.79 Å². The topological polar surface area (TPSA) is 29.1 Å². The highest BCUT2D eigenvalue weighted by molar-refractivity contribution is 5.76. The predicted octanol–water partition coefficient (Wildman–Crippen LogP) is 3.76. The number of rotatable bonds is 8. The standard InChI is InChI=1S/C15H29NO/c1-5-12(3)10-15(4,6-2)11-16-14(17)9-13-7-8-13/h12-13H,5-11H2,1-4H3,(H,16,17). The van der Waals surface area contributed by atoms with Gasteiger partial charge in [0.2, 0.25) is 5.91 Å². The van der Waals surface area contributed by atoms with Gasteiger partial charge >= 0.3 is 0 Å². The molecule has 2 nitrogen and oxygen atoms in total. The highest BCUT2D eigenvalue weighted by Gasteiger charge is 2.27. The maximum Gasteiger partial charge on any atom is 0.220 e. The predicted molar refractivity (Wildman–Crippen MR) is 72.8 cm³/mol. The van der Waals surface area contributed by atoms with Gasteiger partial charge in [-0.25, -0.2) is 0 Å². The van der Waals surface area contributed by atoms with Crippen molar-refractivity contribution in [3.63, 3.8) is 0 Å². The fraction of sp³-hybridized carbons (Fsp3) is 0.933. The van der Waals surface area contributed by atoms with E-state index in [9.17, 15) is 4.79 Å². The number of carbonyl (C=O) groups is 1. The lowest BCUT2D eigenvalue weighted by molar-refractivity contribution is -0.122. The average molecular weight is 239 g/mol. The quantitative estimate of drug-likeness (QED) is 0.686. The largest absolute Gasteiger partial charge is 0.356 e. The van der Waals surface area contributed by atoms with Crippen LogP contribution in [-0.4, -0.2) is 12.5 Å². The Kier molecular flexibility index (Phi) is 5.48. The van der Waals surface area contributed by atoms with Gasteiger partial charge in [0.25, 0.3) is 0 Å². The van der Waals surface area contributed by atoms with Gasteiger partial charge in [-0.15, -0.1) is 0 Å². The molecule has 1 aliphatic carbocycles. The maximum absolute atomic E-state index is 11.7. The van der Waals surface area contributed by atoms with Gasteiger partial charge in [-0.2, -0.15) is 0 Å². The zero-order valence-electron chi connectivity index (χ0n) is 12.0. The number of carbonyl (C=O) groups excluding carboxylic acids is 1. The van der Waals surface area contributed by atoms with E-state index in [1.165, 1.54) is 25.7 Å². The third-order valence-corrected chi connectivity index (χ3v) is 4.28. The lowest BCUT2D eigenvalue weighted by Gasteiger charge is -2.31. The van der Waals surface area contributed by atoms with Gasteiger partial charge in [-0.3, -0.25) is 4.79 Å². The van der Waals surface area contributed by atoms with Gasteiger partial charge in [-0.05, 0) is 42.9 Å². The summed E-state index contributed by atoms with van der Waals surface area (Å²) in [5.41, 5.74) is 0.272. The fourth-order valence-electron chi connectivity index (χ4n) is 2.30. The van der Waals surface area contributed by atoms with Crippen molar-refractivity contribution in [2.45, 2.75) is 66.2 Å². The zero-order valence-corrected chi connectivity index (χ0v) is 12.0. The summed E-state index contributed by atoms with van der Waals surface area (Å²) in [4.78, 5) is 11.7. The smallest absolute Gasteiger partial charge is 0.220 e. The highest BCUT2D eigenvalue weighted by Crippen LogP contribution is 2.33. The monoisotopic (exact) mass is 239 g/mol. The van der Waals surface area contributed by atoms with Crippen molar-refractivity contribution in [1.82, 2.24) is 5.32 Å². The molecule has 17 heavy (non-hydrogen) atoms. The van der Waals surface area contributed by atoms with Gasteiger partial charge < -0.3 is 5.32 Å². The molecule has 0 radical (unpaired) electrons. The molecule has 2 atom stereocenters. The Hall–Kier alpha value is -0.530. The van der Waals surface area contributed by atoms with E-state index >= 15 is 0 Å². The van der Waals surface area contributed by atoms with E-state index in [1.54, 1.807) is 0 Å². The van der Waals surface area contributed by atoms with E-state index in [-0.39, 0.29) is 11.3 Å². The summed E-state index contributed by atoms with van der Waals surface area (Å²) in [5, 5.41) is 3.14. The molecule has 1 fully saturated rings. The molecule has 0 aromatic heterocycles. The van der Waals surface area contributed by atoms with Crippen LogP contribution in [0.1, 0.15) is 66.2 Å². The first kappa shape index (κ1) is 14.5. The van der Waals surface area contributed by atoms with Crippen LogP contribution in [0.4, 0.5) is 0 Å². The minimum Gasteiger partial charge on any atom is -0.356 e. The summed E-state index contributed by atoms with van der Waals surface area (Å²) < 4.78 is 0. The van der Waals surface area contributed by atoms with E-state index in [0.717, 1.165) is 25.3 Å². The minimum atomic E-state index is 0.260. The zero-order chi connectivity index (χ0) is 12.9. The molecule has 0 aromatic rings. The normalized spacial score (nSPS) is 20.7. The molecule has 1 saturated carbocycles. The van der Waals surface area contributed by atoms with E-state index in [4.69, 9.17) is 0 Å². The van der Waals surface area contributed by atoms with Crippen molar-refractivity contribution in [3.05, 3.63) is 0 Å². The molecule has 2 heteroatoms. The Morgan fingerprint density at radius 1 is 1.41 bits per heavy atom. The van der Waals surface area contributed by atoms with Gasteiger partial charge in [0.1, 0.15) is 0 Å². The second kappa shape index (κ2) is 6.42. The van der Waals surface area contributed by atoms with Gasteiger partial charge in [0, 0.05) is 13.0 Å². The molecule has 1 rings (SSSR count). The molecule has 0 spiro atoms. The minimum absolute atomic E-state index is 0.260. The average Bonchev–Trinajstić information content (AvgIpc) is 3.10. The Morgan fingerprint density at radius 2 is 2.06 bits per heavy atom. The summed E-state index contributed by atoms with van der Waals surface area (Å²) >= 11 is 0. The van der Waals surface area contributed by atoms with Crippen LogP contribution in [0, 0.1) is 17.3 Å². The second-order valence-electron chi connectivity index (χ2n) is 6.31. The molecule has 0 bridgehead atoms. The Morgan fingerprint density at radius 3 is 2.53 bits per heavy atom. The lowest BCUT2D eigenvalue weighted by Crippen LogP contribution is -2.36. The van der Waals surface area contributed by atoms with Crippen molar-refractivity contribution in [3.8, 4) is 0 Å².